The second kappa shape index (κ2) is 7.55. The molecule has 0 fully saturated rings. The molecule has 4 nitrogen and oxygen atoms in total. The van der Waals surface area contributed by atoms with Crippen LogP contribution >= 0.6 is 0 Å². The number of hydrogen-bond donors (Lipinski definition) is 2. The Morgan fingerprint density at radius 2 is 1.83 bits per heavy atom. The SMILES string of the molecule is CNNC(=O)C(=O)CCCCc1ccc(F)cc1. The third kappa shape index (κ3) is 5.05. The Morgan fingerprint density at radius 3 is 2.44 bits per heavy atom. The first-order chi connectivity index (χ1) is 8.63. The quantitative estimate of drug-likeness (QED) is 0.437. The van der Waals surface area contributed by atoms with Crippen LogP contribution in [0.4, 0.5) is 4.39 Å². The Labute approximate surface area is 106 Å². The standard InChI is InChI=1S/C13H17FN2O2/c1-15-16-13(18)12(17)5-3-2-4-10-6-8-11(14)9-7-10/h6-9,15H,2-5H2,1H3,(H,16,18). The largest absolute Gasteiger partial charge is 0.301 e. The molecule has 0 unspecified atom stereocenters. The second-order valence-corrected chi connectivity index (χ2v) is 3.96. The molecule has 5 heteroatoms. The Balaban J connectivity index is 2.20. The Hall–Kier alpha value is -1.75. The summed E-state index contributed by atoms with van der Waals surface area (Å²) in [6.07, 6.45) is 2.45. The first kappa shape index (κ1) is 14.3. The first-order valence-corrected chi connectivity index (χ1v) is 5.88. The topological polar surface area (TPSA) is 58.2 Å². The van der Waals surface area contributed by atoms with Crippen LogP contribution in [0.2, 0.25) is 0 Å². The number of halogens is 1. The summed E-state index contributed by atoms with van der Waals surface area (Å²) in [5.74, 6) is -1.29. The molecule has 0 aliphatic carbocycles. The number of amides is 1. The lowest BCUT2D eigenvalue weighted by Crippen LogP contribution is -2.39. The number of carbonyl (C=O) groups excluding carboxylic acids is 2. The average Bonchev–Trinajstić information content (AvgIpc) is 2.36. The minimum absolute atomic E-state index is 0.231. The molecule has 98 valence electrons. The number of hydrazine groups is 1. The highest BCUT2D eigenvalue weighted by molar-refractivity contribution is 6.35. The molecule has 1 aromatic rings. The van der Waals surface area contributed by atoms with Crippen LogP contribution in [-0.2, 0) is 16.0 Å². The van der Waals surface area contributed by atoms with Gasteiger partial charge < -0.3 is 0 Å². The summed E-state index contributed by atoms with van der Waals surface area (Å²) < 4.78 is 12.6. The second-order valence-electron chi connectivity index (χ2n) is 3.96. The Morgan fingerprint density at radius 1 is 1.17 bits per heavy atom. The highest BCUT2D eigenvalue weighted by Crippen LogP contribution is 2.08. The molecule has 0 bridgehead atoms. The number of carbonyl (C=O) groups is 2. The number of ketones is 1. The van der Waals surface area contributed by atoms with Gasteiger partial charge in [0.25, 0.3) is 0 Å². The molecule has 18 heavy (non-hydrogen) atoms. The van der Waals surface area contributed by atoms with E-state index in [2.05, 4.69) is 10.9 Å². The number of nitrogens with one attached hydrogen (secondary N) is 2. The van der Waals surface area contributed by atoms with Gasteiger partial charge in [0.1, 0.15) is 5.82 Å². The van der Waals surface area contributed by atoms with Crippen molar-refractivity contribution in [3.8, 4) is 0 Å². The van der Waals surface area contributed by atoms with Gasteiger partial charge in [-0.2, -0.15) is 0 Å². The van der Waals surface area contributed by atoms with E-state index in [9.17, 15) is 14.0 Å². The van der Waals surface area contributed by atoms with Crippen molar-refractivity contribution in [3.05, 3.63) is 35.6 Å². The Kier molecular flexibility index (Phi) is 6.00. The van der Waals surface area contributed by atoms with Crippen LogP contribution in [-0.4, -0.2) is 18.7 Å². The summed E-state index contributed by atoms with van der Waals surface area (Å²) >= 11 is 0. The van der Waals surface area contributed by atoms with Gasteiger partial charge in [-0.25, -0.2) is 9.82 Å². The van der Waals surface area contributed by atoms with Crippen molar-refractivity contribution in [1.82, 2.24) is 10.9 Å². The van der Waals surface area contributed by atoms with E-state index in [-0.39, 0.29) is 12.2 Å². The molecule has 0 aromatic heterocycles. The number of aryl methyl sites for hydroxylation is 1. The number of unbranched alkanes of at least 4 members (excludes halogenated alkanes) is 1. The third-order valence-electron chi connectivity index (χ3n) is 2.52. The van der Waals surface area contributed by atoms with Crippen molar-refractivity contribution in [3.63, 3.8) is 0 Å². The van der Waals surface area contributed by atoms with Gasteiger partial charge in [-0.1, -0.05) is 12.1 Å². The van der Waals surface area contributed by atoms with Gasteiger partial charge in [0.05, 0.1) is 0 Å². The van der Waals surface area contributed by atoms with Crippen molar-refractivity contribution in [2.45, 2.75) is 25.7 Å². The monoisotopic (exact) mass is 252 g/mol. The van der Waals surface area contributed by atoms with E-state index in [1.807, 2.05) is 0 Å². The van der Waals surface area contributed by atoms with E-state index in [0.717, 1.165) is 18.4 Å². The highest BCUT2D eigenvalue weighted by Gasteiger charge is 2.11. The molecule has 0 atom stereocenters. The molecular formula is C13H17FN2O2. The molecule has 0 spiro atoms. The summed E-state index contributed by atoms with van der Waals surface area (Å²) in [6.45, 7) is 0. The van der Waals surface area contributed by atoms with Crippen LogP contribution in [0.3, 0.4) is 0 Å². The van der Waals surface area contributed by atoms with Crippen LogP contribution in [0.5, 0.6) is 0 Å². The van der Waals surface area contributed by atoms with E-state index < -0.39 is 11.7 Å². The third-order valence-corrected chi connectivity index (χ3v) is 2.52. The first-order valence-electron chi connectivity index (χ1n) is 5.88. The predicted molar refractivity (Wildman–Crippen MR) is 66.2 cm³/mol. The van der Waals surface area contributed by atoms with Crippen molar-refractivity contribution in [2.24, 2.45) is 0 Å². The van der Waals surface area contributed by atoms with Gasteiger partial charge in [0.2, 0.25) is 5.78 Å². The zero-order valence-corrected chi connectivity index (χ0v) is 10.3. The molecule has 0 saturated heterocycles. The minimum Gasteiger partial charge on any atom is -0.289 e. The molecule has 2 N–H and O–H groups in total. The van der Waals surface area contributed by atoms with Crippen molar-refractivity contribution < 1.29 is 14.0 Å². The molecule has 0 aliphatic heterocycles. The molecule has 0 heterocycles. The van der Waals surface area contributed by atoms with E-state index in [0.29, 0.717) is 6.42 Å². The maximum Gasteiger partial charge on any atom is 0.301 e. The van der Waals surface area contributed by atoms with Crippen molar-refractivity contribution >= 4 is 11.7 Å². The summed E-state index contributed by atoms with van der Waals surface area (Å²) in [7, 11) is 1.53. The summed E-state index contributed by atoms with van der Waals surface area (Å²) in [6, 6.07) is 6.29. The summed E-state index contributed by atoms with van der Waals surface area (Å²) in [5, 5.41) is 0. The average molecular weight is 252 g/mol. The zero-order chi connectivity index (χ0) is 13.4. The van der Waals surface area contributed by atoms with Gasteiger partial charge in [-0.3, -0.25) is 15.0 Å². The summed E-state index contributed by atoms with van der Waals surface area (Å²) in [5.41, 5.74) is 5.68. The maximum absolute atomic E-state index is 12.6. The molecule has 1 amide bonds. The normalized spacial score (nSPS) is 10.1. The molecule has 0 radical (unpaired) electrons. The van der Waals surface area contributed by atoms with Gasteiger partial charge in [0, 0.05) is 13.5 Å². The summed E-state index contributed by atoms with van der Waals surface area (Å²) in [4.78, 5) is 22.4. The fraction of sp³-hybridized carbons (Fsp3) is 0.385. The molecule has 1 aromatic carbocycles. The molecular weight excluding hydrogens is 235 g/mol. The van der Waals surface area contributed by atoms with Gasteiger partial charge >= 0.3 is 5.91 Å². The number of benzene rings is 1. The van der Waals surface area contributed by atoms with Crippen LogP contribution < -0.4 is 10.9 Å². The molecule has 1 rings (SSSR count). The molecule has 0 saturated carbocycles. The van der Waals surface area contributed by atoms with Crippen LogP contribution in [0.15, 0.2) is 24.3 Å². The minimum atomic E-state index is -0.612. The fourth-order valence-electron chi connectivity index (χ4n) is 1.56. The molecule has 0 aliphatic rings. The van der Waals surface area contributed by atoms with E-state index in [4.69, 9.17) is 0 Å². The van der Waals surface area contributed by atoms with Gasteiger partial charge in [0.15, 0.2) is 0 Å². The lowest BCUT2D eigenvalue weighted by Gasteiger charge is -2.03. The van der Waals surface area contributed by atoms with Gasteiger partial charge in [-0.05, 0) is 37.0 Å². The van der Waals surface area contributed by atoms with Crippen LogP contribution in [0.25, 0.3) is 0 Å². The van der Waals surface area contributed by atoms with Crippen molar-refractivity contribution in [2.75, 3.05) is 7.05 Å². The van der Waals surface area contributed by atoms with E-state index in [1.54, 1.807) is 12.1 Å². The highest BCUT2D eigenvalue weighted by atomic mass is 19.1. The van der Waals surface area contributed by atoms with Crippen LogP contribution in [0.1, 0.15) is 24.8 Å². The van der Waals surface area contributed by atoms with E-state index in [1.165, 1.54) is 19.2 Å². The fourth-order valence-corrected chi connectivity index (χ4v) is 1.56. The van der Waals surface area contributed by atoms with Crippen molar-refractivity contribution in [1.29, 1.82) is 0 Å². The number of rotatable bonds is 7. The van der Waals surface area contributed by atoms with Crippen LogP contribution in [0, 0.1) is 5.82 Å². The zero-order valence-electron chi connectivity index (χ0n) is 10.3. The lowest BCUT2D eigenvalue weighted by atomic mass is 10.1. The van der Waals surface area contributed by atoms with Gasteiger partial charge in [-0.15, -0.1) is 0 Å². The lowest BCUT2D eigenvalue weighted by molar-refractivity contribution is -0.138. The Bertz CT molecular complexity index is 404. The predicted octanol–water partition coefficient (Wildman–Crippen LogP) is 1.36. The smallest absolute Gasteiger partial charge is 0.289 e. The van der Waals surface area contributed by atoms with E-state index >= 15 is 0 Å². The maximum atomic E-state index is 12.6. The number of hydrogen-bond acceptors (Lipinski definition) is 3. The number of Topliss-reactive ketones (excluding diaryl/α,β-unsaturated/α-hetero) is 1.